The summed E-state index contributed by atoms with van der Waals surface area (Å²) in [6, 6.07) is 7.33. The molecule has 1 aromatic carbocycles. The number of hydrogen-bond acceptors (Lipinski definition) is 2. The molecule has 0 fully saturated rings. The Balaban J connectivity index is 0. The molecule has 0 aliphatic carbocycles. The van der Waals surface area contributed by atoms with Crippen LogP contribution in [-0.4, -0.2) is 4.92 Å². The van der Waals surface area contributed by atoms with E-state index in [0.717, 1.165) is 0 Å². The summed E-state index contributed by atoms with van der Waals surface area (Å²) >= 11 is 0. The van der Waals surface area contributed by atoms with Gasteiger partial charge in [0.15, 0.2) is 5.69 Å². The van der Waals surface area contributed by atoms with Crippen molar-refractivity contribution >= 4 is 5.69 Å². The third kappa shape index (κ3) is 3.41. The van der Waals surface area contributed by atoms with Crippen molar-refractivity contribution in [1.82, 2.24) is 0 Å². The van der Waals surface area contributed by atoms with E-state index in [9.17, 15) is 10.1 Å². The van der Waals surface area contributed by atoms with Gasteiger partial charge >= 0.3 is 0 Å². The van der Waals surface area contributed by atoms with Gasteiger partial charge in [0.05, 0.1) is 0 Å². The van der Waals surface area contributed by atoms with Crippen molar-refractivity contribution in [2.45, 2.75) is 6.92 Å². The molecule has 0 saturated heterocycles. The molecule has 63 valence electrons. The van der Waals surface area contributed by atoms with Crippen LogP contribution in [0, 0.1) is 30.5 Å². The Hall–Kier alpha value is -0.276. The number of nitro benzene ring substituents is 1. The third-order valence-corrected chi connectivity index (χ3v) is 1.25. The van der Waals surface area contributed by atoms with Crippen LogP contribution in [-0.2, 0) is 32.7 Å². The second-order valence-corrected chi connectivity index (χ2v) is 1.97. The fourth-order valence-electron chi connectivity index (χ4n) is 0.696. The first kappa shape index (κ1) is 14.3. The molecule has 3 nitrogen and oxygen atoms in total. The zero-order chi connectivity index (χ0) is 7.56. The maximum Gasteiger partial charge on any atom is 0.166 e. The number of nitrogens with zero attached hydrogens (tertiary/aromatic N) is 1. The summed E-state index contributed by atoms with van der Waals surface area (Å²) in [7, 11) is 0. The molecule has 0 unspecified atom stereocenters. The number of rotatable bonds is 1. The van der Waals surface area contributed by atoms with Crippen molar-refractivity contribution in [3.8, 4) is 0 Å². The molecule has 1 aromatic rings. The Morgan fingerprint density at radius 2 is 2.17 bits per heavy atom. The smallest absolute Gasteiger partial charge is 0.166 e. The van der Waals surface area contributed by atoms with Gasteiger partial charge < -0.3 is 7.43 Å². The number of aryl methyl sites for hydroxylation is 1. The molecule has 0 saturated carbocycles. The summed E-state index contributed by atoms with van der Waals surface area (Å²) in [5.41, 5.74) is 0.797. The van der Waals surface area contributed by atoms with Gasteiger partial charge in [0.25, 0.3) is 0 Å². The van der Waals surface area contributed by atoms with Crippen molar-refractivity contribution in [3.05, 3.63) is 47.4 Å². The van der Waals surface area contributed by atoms with Crippen LogP contribution in [0.1, 0.15) is 5.56 Å². The van der Waals surface area contributed by atoms with Crippen molar-refractivity contribution in [2.24, 2.45) is 0 Å². The minimum absolute atomic E-state index is 0. The van der Waals surface area contributed by atoms with Gasteiger partial charge in [-0.05, 0) is 0 Å². The van der Waals surface area contributed by atoms with E-state index in [2.05, 4.69) is 6.07 Å². The zero-order valence-electron chi connectivity index (χ0n) is 7.07. The molecule has 0 N–H and O–H groups in total. The molecule has 12 heavy (non-hydrogen) atoms. The molecule has 0 aromatic heterocycles. The average molecular weight is 240 g/mol. The fraction of sp³-hybridized carbons (Fsp3) is 0.125. The van der Waals surface area contributed by atoms with Crippen molar-refractivity contribution < 1.29 is 37.6 Å². The predicted molar refractivity (Wildman–Crippen MR) is 43.1 cm³/mol. The Labute approximate surface area is 97.2 Å². The number of hydrogen-bond donors (Lipinski definition) is 0. The Bertz CT molecular complexity index is 263. The van der Waals surface area contributed by atoms with Gasteiger partial charge in [-0.25, -0.2) is 0 Å². The molecular formula is C8H9NO2Y-2. The predicted octanol–water partition coefficient (Wildman–Crippen LogP) is 2.15. The number of benzene rings is 1. The van der Waals surface area contributed by atoms with E-state index in [1.54, 1.807) is 19.1 Å². The van der Waals surface area contributed by atoms with Gasteiger partial charge in [0.2, 0.25) is 0 Å². The average Bonchev–Trinajstić information content (AvgIpc) is 1.88. The monoisotopic (exact) mass is 240 g/mol. The Morgan fingerprint density at radius 1 is 1.58 bits per heavy atom. The molecule has 4 heteroatoms. The van der Waals surface area contributed by atoms with Crippen molar-refractivity contribution in [1.29, 1.82) is 0 Å². The van der Waals surface area contributed by atoms with E-state index in [4.69, 9.17) is 0 Å². The molecule has 1 rings (SSSR count). The van der Waals surface area contributed by atoms with E-state index < -0.39 is 4.92 Å². The van der Waals surface area contributed by atoms with E-state index >= 15 is 0 Å². The van der Waals surface area contributed by atoms with Crippen molar-refractivity contribution in [3.63, 3.8) is 0 Å². The standard InChI is InChI=1S/C7H6NO2.CH3.Y/c1-6-4-2-3-5-7(6)8(9)10;;/h2,4-5H,1H3;1H3;/q2*-1;. The third-order valence-electron chi connectivity index (χ3n) is 1.25. The van der Waals surface area contributed by atoms with Gasteiger partial charge in [0, 0.05) is 37.6 Å². The van der Waals surface area contributed by atoms with Crippen LogP contribution in [0.25, 0.3) is 0 Å². The van der Waals surface area contributed by atoms with E-state index in [-0.39, 0.29) is 45.8 Å². The maximum absolute atomic E-state index is 10.2. The van der Waals surface area contributed by atoms with Crippen molar-refractivity contribution in [2.75, 3.05) is 0 Å². The van der Waals surface area contributed by atoms with E-state index in [1.807, 2.05) is 0 Å². The van der Waals surface area contributed by atoms with Crippen LogP contribution in [0.15, 0.2) is 18.2 Å². The van der Waals surface area contributed by atoms with Crippen LogP contribution < -0.4 is 0 Å². The summed E-state index contributed by atoms with van der Waals surface area (Å²) in [5, 5.41) is 10.2. The van der Waals surface area contributed by atoms with E-state index in [1.165, 1.54) is 6.07 Å². The topological polar surface area (TPSA) is 43.1 Å². The normalized spacial score (nSPS) is 7.75. The summed E-state index contributed by atoms with van der Waals surface area (Å²) in [4.78, 5) is 9.80. The van der Waals surface area contributed by atoms with Crippen LogP contribution in [0.4, 0.5) is 5.69 Å². The molecule has 0 heterocycles. The second-order valence-electron chi connectivity index (χ2n) is 1.97. The Morgan fingerprint density at radius 3 is 2.50 bits per heavy atom. The second kappa shape index (κ2) is 6.26. The molecular weight excluding hydrogens is 231 g/mol. The number of nitro groups is 1. The van der Waals surface area contributed by atoms with Gasteiger partial charge in [0.1, 0.15) is 0 Å². The molecule has 0 aliphatic heterocycles. The first-order chi connectivity index (χ1) is 4.72. The molecule has 0 bridgehead atoms. The largest absolute Gasteiger partial charge is 0.358 e. The SMILES string of the molecule is Cc1cc[c-]cc1[N+](=O)[O-].[CH3-].[Y]. The molecule has 0 amide bonds. The van der Waals surface area contributed by atoms with Gasteiger partial charge in [-0.15, -0.1) is 6.07 Å². The van der Waals surface area contributed by atoms with Gasteiger partial charge in [-0.2, -0.15) is 18.2 Å². The Kier molecular flexibility index (Phi) is 7.44. The zero-order valence-corrected chi connectivity index (χ0v) is 9.91. The summed E-state index contributed by atoms with van der Waals surface area (Å²) < 4.78 is 0. The molecule has 0 atom stereocenters. The molecule has 0 aliphatic rings. The molecule has 1 radical (unpaired) electrons. The summed E-state index contributed by atoms with van der Waals surface area (Å²) in [6.45, 7) is 1.70. The van der Waals surface area contributed by atoms with Crippen LogP contribution in [0.3, 0.4) is 0 Å². The first-order valence-corrected chi connectivity index (χ1v) is 2.83. The minimum atomic E-state index is -0.411. The van der Waals surface area contributed by atoms with Crippen LogP contribution in [0.5, 0.6) is 0 Å². The van der Waals surface area contributed by atoms with Gasteiger partial charge in [-0.3, -0.25) is 10.1 Å². The van der Waals surface area contributed by atoms with Crippen LogP contribution >= 0.6 is 0 Å². The molecule has 0 spiro atoms. The van der Waals surface area contributed by atoms with Crippen LogP contribution in [0.2, 0.25) is 0 Å². The first-order valence-electron chi connectivity index (χ1n) is 2.83. The van der Waals surface area contributed by atoms with Gasteiger partial charge in [-0.1, -0.05) is 12.5 Å². The quantitative estimate of drug-likeness (QED) is 0.428. The summed E-state index contributed by atoms with van der Waals surface area (Å²) in [6.07, 6.45) is 0. The summed E-state index contributed by atoms with van der Waals surface area (Å²) in [5.74, 6) is 0. The fourth-order valence-corrected chi connectivity index (χ4v) is 0.696. The van der Waals surface area contributed by atoms with E-state index in [0.29, 0.717) is 5.56 Å². The minimum Gasteiger partial charge on any atom is -0.358 e. The maximum atomic E-state index is 10.2.